The van der Waals surface area contributed by atoms with E-state index in [1.165, 1.54) is 12.2 Å². The van der Waals surface area contributed by atoms with E-state index >= 15 is 0 Å². The highest BCUT2D eigenvalue weighted by Gasteiger charge is 2.16. The Kier molecular flexibility index (Phi) is 8.82. The Balaban J connectivity index is 1.51. The van der Waals surface area contributed by atoms with E-state index in [4.69, 9.17) is 0 Å². The van der Waals surface area contributed by atoms with Crippen molar-refractivity contribution in [2.45, 2.75) is 26.2 Å². The zero-order chi connectivity index (χ0) is 25.0. The van der Waals surface area contributed by atoms with E-state index in [1.807, 2.05) is 121 Å². The van der Waals surface area contributed by atoms with Gasteiger partial charge in [0.1, 0.15) is 0 Å². The number of amides is 2. The molecule has 0 spiro atoms. The molecule has 0 radical (unpaired) electrons. The third kappa shape index (κ3) is 7.54. The highest BCUT2D eigenvalue weighted by atomic mass is 16.2. The van der Waals surface area contributed by atoms with Crippen molar-refractivity contribution in [3.8, 4) is 0 Å². The number of carbonyl (C=O) groups excluding carboxylic acids is 2. The van der Waals surface area contributed by atoms with E-state index in [0.29, 0.717) is 26.2 Å². The van der Waals surface area contributed by atoms with Gasteiger partial charge in [-0.25, -0.2) is 0 Å². The number of rotatable bonds is 10. The van der Waals surface area contributed by atoms with Crippen molar-refractivity contribution in [1.29, 1.82) is 0 Å². The fourth-order valence-electron chi connectivity index (χ4n) is 3.99. The zero-order valence-electron chi connectivity index (χ0n) is 20.2. The third-order valence-electron chi connectivity index (χ3n) is 5.86. The summed E-state index contributed by atoms with van der Waals surface area (Å²) in [6, 6.07) is 39.5. The van der Waals surface area contributed by atoms with Crippen LogP contribution in [0, 0.1) is 0 Å². The van der Waals surface area contributed by atoms with E-state index in [0.717, 1.165) is 22.3 Å². The maximum Gasteiger partial charge on any atom is 0.247 e. The lowest BCUT2D eigenvalue weighted by Crippen LogP contribution is -2.31. The van der Waals surface area contributed by atoms with Crippen molar-refractivity contribution >= 4 is 11.8 Å². The SMILES string of the molecule is O=C(/C=C/C(=O)N(Cc1ccccc1)Cc1ccccc1)N(Cc1ccccc1)Cc1ccccc1. The van der Waals surface area contributed by atoms with Gasteiger partial charge in [0.25, 0.3) is 0 Å². The van der Waals surface area contributed by atoms with Gasteiger partial charge in [-0.2, -0.15) is 0 Å². The molecule has 4 rings (SSSR count). The monoisotopic (exact) mass is 474 g/mol. The van der Waals surface area contributed by atoms with Crippen molar-refractivity contribution < 1.29 is 9.59 Å². The molecule has 0 aliphatic heterocycles. The van der Waals surface area contributed by atoms with Gasteiger partial charge in [0.2, 0.25) is 11.8 Å². The fourth-order valence-corrected chi connectivity index (χ4v) is 3.99. The first-order chi connectivity index (χ1) is 17.7. The molecule has 0 unspecified atom stereocenters. The summed E-state index contributed by atoms with van der Waals surface area (Å²) in [4.78, 5) is 30.0. The summed E-state index contributed by atoms with van der Waals surface area (Å²) < 4.78 is 0. The van der Waals surface area contributed by atoms with Gasteiger partial charge in [-0.1, -0.05) is 121 Å². The van der Waals surface area contributed by atoms with Crippen LogP contribution in [-0.2, 0) is 35.8 Å². The topological polar surface area (TPSA) is 40.6 Å². The van der Waals surface area contributed by atoms with Crippen molar-refractivity contribution in [3.63, 3.8) is 0 Å². The molecule has 0 fully saturated rings. The number of nitrogens with zero attached hydrogens (tertiary/aromatic N) is 2. The fraction of sp³-hybridized carbons (Fsp3) is 0.125. The highest BCUT2D eigenvalue weighted by Crippen LogP contribution is 2.13. The van der Waals surface area contributed by atoms with E-state index in [9.17, 15) is 9.59 Å². The lowest BCUT2D eigenvalue weighted by Gasteiger charge is -2.23. The minimum atomic E-state index is -0.199. The van der Waals surface area contributed by atoms with E-state index in [-0.39, 0.29) is 11.8 Å². The predicted octanol–water partition coefficient (Wildman–Crippen LogP) is 6.00. The minimum absolute atomic E-state index is 0.199. The van der Waals surface area contributed by atoms with E-state index < -0.39 is 0 Å². The van der Waals surface area contributed by atoms with Crippen LogP contribution in [0.25, 0.3) is 0 Å². The molecule has 0 atom stereocenters. The molecular formula is C32H30N2O2. The van der Waals surface area contributed by atoms with Crippen LogP contribution in [0.3, 0.4) is 0 Å². The van der Waals surface area contributed by atoms with Crippen LogP contribution >= 0.6 is 0 Å². The Labute approximate surface area is 213 Å². The average Bonchev–Trinajstić information content (AvgIpc) is 2.93. The summed E-state index contributed by atoms with van der Waals surface area (Å²) in [6.45, 7) is 1.85. The number of benzene rings is 4. The Bertz CT molecular complexity index is 1070. The van der Waals surface area contributed by atoms with Crippen molar-refractivity contribution in [3.05, 3.63) is 156 Å². The normalized spacial score (nSPS) is 10.8. The van der Waals surface area contributed by atoms with Gasteiger partial charge >= 0.3 is 0 Å². The van der Waals surface area contributed by atoms with Gasteiger partial charge in [0.15, 0.2) is 0 Å². The molecule has 0 N–H and O–H groups in total. The largest absolute Gasteiger partial charge is 0.331 e. The first kappa shape index (κ1) is 24.7. The summed E-state index contributed by atoms with van der Waals surface area (Å²) in [7, 11) is 0. The molecule has 0 bridgehead atoms. The Morgan fingerprint density at radius 2 is 0.639 bits per heavy atom. The van der Waals surface area contributed by atoms with Gasteiger partial charge < -0.3 is 9.80 Å². The van der Waals surface area contributed by atoms with Gasteiger partial charge in [-0.15, -0.1) is 0 Å². The molecule has 0 saturated carbocycles. The number of hydrogen-bond donors (Lipinski definition) is 0. The van der Waals surface area contributed by atoms with Crippen LogP contribution in [0.15, 0.2) is 133 Å². The van der Waals surface area contributed by atoms with Crippen molar-refractivity contribution in [2.75, 3.05) is 0 Å². The first-order valence-corrected chi connectivity index (χ1v) is 12.1. The molecule has 0 aliphatic rings. The maximum atomic E-state index is 13.3. The van der Waals surface area contributed by atoms with Crippen LogP contribution in [0.5, 0.6) is 0 Å². The average molecular weight is 475 g/mol. The molecule has 4 heteroatoms. The third-order valence-corrected chi connectivity index (χ3v) is 5.86. The summed E-state index contributed by atoms with van der Waals surface area (Å²) in [6.07, 6.45) is 2.80. The molecule has 4 aromatic carbocycles. The smallest absolute Gasteiger partial charge is 0.247 e. The molecule has 0 heterocycles. The van der Waals surface area contributed by atoms with Gasteiger partial charge in [-0.05, 0) is 22.3 Å². The van der Waals surface area contributed by atoms with Crippen LogP contribution in [0.4, 0.5) is 0 Å². The molecular weight excluding hydrogens is 444 g/mol. The molecule has 0 aromatic heterocycles. The lowest BCUT2D eigenvalue weighted by molar-refractivity contribution is -0.129. The molecule has 180 valence electrons. The van der Waals surface area contributed by atoms with Crippen LogP contribution in [-0.4, -0.2) is 21.6 Å². The number of hydrogen-bond acceptors (Lipinski definition) is 2. The molecule has 4 aromatic rings. The van der Waals surface area contributed by atoms with E-state index in [1.54, 1.807) is 9.80 Å². The van der Waals surface area contributed by atoms with Crippen molar-refractivity contribution in [2.24, 2.45) is 0 Å². The minimum Gasteiger partial charge on any atom is -0.331 e. The maximum absolute atomic E-state index is 13.3. The summed E-state index contributed by atoms with van der Waals surface area (Å²) >= 11 is 0. The van der Waals surface area contributed by atoms with Crippen LogP contribution < -0.4 is 0 Å². The summed E-state index contributed by atoms with van der Waals surface area (Å²) in [5.74, 6) is -0.397. The second-order valence-corrected chi connectivity index (χ2v) is 8.66. The van der Waals surface area contributed by atoms with Gasteiger partial charge in [-0.3, -0.25) is 9.59 Å². The van der Waals surface area contributed by atoms with Crippen molar-refractivity contribution in [1.82, 2.24) is 9.80 Å². The quantitative estimate of drug-likeness (QED) is 0.265. The molecule has 0 saturated heterocycles. The van der Waals surface area contributed by atoms with Gasteiger partial charge in [0, 0.05) is 38.3 Å². The Morgan fingerprint density at radius 1 is 0.417 bits per heavy atom. The summed E-state index contributed by atoms with van der Waals surface area (Å²) in [5, 5.41) is 0. The van der Waals surface area contributed by atoms with Crippen LogP contribution in [0.1, 0.15) is 22.3 Å². The highest BCUT2D eigenvalue weighted by molar-refractivity contribution is 5.96. The standard InChI is InChI=1S/C32H30N2O2/c35-31(33(23-27-13-5-1-6-14-27)24-28-15-7-2-8-16-28)21-22-32(36)34(25-29-17-9-3-10-18-29)26-30-19-11-4-12-20-30/h1-22H,23-26H2/b22-21+. The van der Waals surface area contributed by atoms with E-state index in [2.05, 4.69) is 0 Å². The second kappa shape index (κ2) is 12.9. The van der Waals surface area contributed by atoms with Crippen LogP contribution in [0.2, 0.25) is 0 Å². The Morgan fingerprint density at radius 3 is 0.861 bits per heavy atom. The molecule has 36 heavy (non-hydrogen) atoms. The predicted molar refractivity (Wildman–Crippen MR) is 143 cm³/mol. The molecule has 4 nitrogen and oxygen atoms in total. The second-order valence-electron chi connectivity index (χ2n) is 8.66. The first-order valence-electron chi connectivity index (χ1n) is 12.1. The number of carbonyl (C=O) groups is 2. The molecule has 0 aliphatic carbocycles. The lowest BCUT2D eigenvalue weighted by atomic mass is 10.1. The summed E-state index contributed by atoms with van der Waals surface area (Å²) in [5.41, 5.74) is 4.15. The molecule has 2 amide bonds. The van der Waals surface area contributed by atoms with Gasteiger partial charge in [0.05, 0.1) is 0 Å². The zero-order valence-corrected chi connectivity index (χ0v) is 20.2. The Hall–Kier alpha value is -4.44.